The van der Waals surface area contributed by atoms with Gasteiger partial charge in [0.15, 0.2) is 17.5 Å². The number of halogens is 1. The van der Waals surface area contributed by atoms with Crippen molar-refractivity contribution in [2.75, 3.05) is 37.6 Å². The van der Waals surface area contributed by atoms with E-state index in [4.69, 9.17) is 11.5 Å². The number of carbonyl (C=O) groups excluding carboxylic acids is 2. The Balaban J connectivity index is 1.10. The highest BCUT2D eigenvalue weighted by Crippen LogP contribution is 2.26. The first kappa shape index (κ1) is 27.0. The van der Waals surface area contributed by atoms with Gasteiger partial charge < -0.3 is 32.0 Å². The molecule has 0 aliphatic carbocycles. The molecule has 8 N–H and O–H groups in total. The number of urea groups is 1. The summed E-state index contributed by atoms with van der Waals surface area (Å²) in [5.41, 5.74) is 16.7. The second kappa shape index (κ2) is 10.9. The molecule has 1 saturated heterocycles. The maximum absolute atomic E-state index is 12.8. The number of nitrogens with one attached hydrogen (secondary N) is 4. The molecule has 0 saturated carbocycles. The van der Waals surface area contributed by atoms with Gasteiger partial charge in [-0.05, 0) is 61.9 Å². The normalized spacial score (nSPS) is 16.3. The number of piperidine rings is 1. The number of carbonyl (C=O) groups is 2. The largest absolute Gasteiger partial charge is 0.382 e. The van der Waals surface area contributed by atoms with Gasteiger partial charge in [0.1, 0.15) is 5.82 Å². The van der Waals surface area contributed by atoms with Crippen molar-refractivity contribution < 1.29 is 9.59 Å². The lowest BCUT2D eigenvalue weighted by atomic mass is 9.88. The van der Waals surface area contributed by atoms with Gasteiger partial charge in [0, 0.05) is 41.2 Å². The summed E-state index contributed by atoms with van der Waals surface area (Å²) >= 11 is 2.10. The molecule has 13 heteroatoms. The molecule has 0 radical (unpaired) electrons. The standard InChI is InChI=1S/C26H33IN10O2/c1-14-9-17-16(12-31-18(17)10-15(14)2)3-6-30-25(39)37-7-4-26(5-8-37)13-32-24(36-26)35-23(38)20-22(29)34-21(28)19(11-27)33-20/h9-10,12,31H,3-8,11,13H2,1-2H3,(H,30,39)(H4,28,29,34)(H2,32,35,36,38). The number of fused-ring (bicyclic) bond motifs is 1. The van der Waals surface area contributed by atoms with Crippen LogP contribution >= 0.6 is 22.6 Å². The Kier molecular flexibility index (Phi) is 7.51. The predicted molar refractivity (Wildman–Crippen MR) is 160 cm³/mol. The van der Waals surface area contributed by atoms with Crippen LogP contribution in [0.5, 0.6) is 0 Å². The number of aliphatic imine (C=N–C) groups is 1. The molecule has 3 amide bonds. The Labute approximate surface area is 239 Å². The maximum Gasteiger partial charge on any atom is 0.317 e. The van der Waals surface area contributed by atoms with Crippen molar-refractivity contribution in [1.82, 2.24) is 35.8 Å². The molecule has 206 valence electrons. The Bertz CT molecular complexity index is 1460. The third-order valence-electron chi connectivity index (χ3n) is 7.58. The second-order valence-electron chi connectivity index (χ2n) is 10.2. The predicted octanol–water partition coefficient (Wildman–Crippen LogP) is 2.15. The number of hydrogen-bond acceptors (Lipinski definition) is 8. The highest BCUT2D eigenvalue weighted by molar-refractivity contribution is 14.1. The van der Waals surface area contributed by atoms with E-state index in [0.29, 0.717) is 55.1 Å². The highest BCUT2D eigenvalue weighted by Gasteiger charge is 2.40. The van der Waals surface area contributed by atoms with Gasteiger partial charge in [-0.25, -0.2) is 14.8 Å². The summed E-state index contributed by atoms with van der Waals surface area (Å²) in [4.78, 5) is 43.6. The third-order valence-corrected chi connectivity index (χ3v) is 8.31. The van der Waals surface area contributed by atoms with Crippen LogP contribution in [0.4, 0.5) is 16.4 Å². The number of aryl methyl sites for hydroxylation is 2. The first-order valence-electron chi connectivity index (χ1n) is 12.9. The number of anilines is 2. The molecular formula is C26H33IN10O2. The SMILES string of the molecule is Cc1cc2[nH]cc(CCNC(=O)N3CCC4(CC3)CN=C(NC(=O)c3nc(CI)c(N)nc3N)N4)c2cc1C. The summed E-state index contributed by atoms with van der Waals surface area (Å²) < 4.78 is 0.506. The van der Waals surface area contributed by atoms with Crippen LogP contribution in [-0.4, -0.2) is 69.5 Å². The van der Waals surface area contributed by atoms with E-state index in [-0.39, 0.29) is 28.9 Å². The molecule has 0 atom stereocenters. The van der Waals surface area contributed by atoms with E-state index in [0.717, 1.165) is 11.9 Å². The van der Waals surface area contributed by atoms with E-state index in [1.807, 2.05) is 11.1 Å². The van der Waals surface area contributed by atoms with E-state index < -0.39 is 5.91 Å². The Morgan fingerprint density at radius 2 is 1.87 bits per heavy atom. The fourth-order valence-electron chi connectivity index (χ4n) is 5.05. The molecule has 4 heterocycles. The summed E-state index contributed by atoms with van der Waals surface area (Å²) in [5, 5.41) is 10.4. The smallest absolute Gasteiger partial charge is 0.317 e. The summed E-state index contributed by atoms with van der Waals surface area (Å²) in [6.45, 7) is 6.49. The van der Waals surface area contributed by atoms with Crippen molar-refractivity contribution in [1.29, 1.82) is 0 Å². The molecule has 0 unspecified atom stereocenters. The number of amides is 3. The lowest BCUT2D eigenvalue weighted by molar-refractivity contribution is 0.0971. The minimum Gasteiger partial charge on any atom is -0.382 e. The number of guanidine groups is 1. The van der Waals surface area contributed by atoms with Crippen LogP contribution in [0.25, 0.3) is 10.9 Å². The van der Waals surface area contributed by atoms with Gasteiger partial charge in [-0.15, -0.1) is 0 Å². The topological polar surface area (TPSA) is 179 Å². The first-order valence-corrected chi connectivity index (χ1v) is 14.4. The summed E-state index contributed by atoms with van der Waals surface area (Å²) in [5.74, 6) is 0.0663. The van der Waals surface area contributed by atoms with Crippen molar-refractivity contribution in [3.8, 4) is 0 Å². The number of hydrogen-bond donors (Lipinski definition) is 6. The van der Waals surface area contributed by atoms with Gasteiger partial charge in [0.2, 0.25) is 0 Å². The van der Waals surface area contributed by atoms with Crippen LogP contribution in [0, 0.1) is 13.8 Å². The molecular weight excluding hydrogens is 611 g/mol. The van der Waals surface area contributed by atoms with Crippen molar-refractivity contribution in [2.45, 2.75) is 43.1 Å². The number of nitrogens with two attached hydrogens (primary N) is 2. The Hall–Kier alpha value is -3.62. The minimum absolute atomic E-state index is 0.0192. The molecule has 2 aliphatic rings. The number of nitrogen functional groups attached to an aromatic ring is 2. The Morgan fingerprint density at radius 1 is 1.13 bits per heavy atom. The zero-order chi connectivity index (χ0) is 27.7. The number of H-pyrrole nitrogens is 1. The van der Waals surface area contributed by atoms with Crippen LogP contribution in [-0.2, 0) is 10.8 Å². The van der Waals surface area contributed by atoms with Gasteiger partial charge in [0.25, 0.3) is 5.91 Å². The van der Waals surface area contributed by atoms with E-state index in [2.05, 4.69) is 84.5 Å². The van der Waals surface area contributed by atoms with E-state index >= 15 is 0 Å². The van der Waals surface area contributed by atoms with Crippen LogP contribution in [0.3, 0.4) is 0 Å². The van der Waals surface area contributed by atoms with Gasteiger partial charge in [-0.3, -0.25) is 15.1 Å². The number of benzene rings is 1. The first-order chi connectivity index (χ1) is 18.7. The summed E-state index contributed by atoms with van der Waals surface area (Å²) in [7, 11) is 0. The fourth-order valence-corrected chi connectivity index (χ4v) is 5.61. The number of alkyl halides is 1. The van der Waals surface area contributed by atoms with Crippen molar-refractivity contribution >= 4 is 63.0 Å². The zero-order valence-corrected chi connectivity index (χ0v) is 24.2. The lowest BCUT2D eigenvalue weighted by Crippen LogP contribution is -2.58. The van der Waals surface area contributed by atoms with Gasteiger partial charge in [-0.1, -0.05) is 22.6 Å². The van der Waals surface area contributed by atoms with Gasteiger partial charge in [0.05, 0.1) is 17.8 Å². The number of nitrogens with zero attached hydrogens (tertiary/aromatic N) is 4. The summed E-state index contributed by atoms with van der Waals surface area (Å²) in [6.07, 6.45) is 4.21. The number of aromatic amines is 1. The maximum atomic E-state index is 12.8. The molecule has 2 aromatic heterocycles. The zero-order valence-electron chi connectivity index (χ0n) is 22.0. The van der Waals surface area contributed by atoms with E-state index in [1.165, 1.54) is 22.1 Å². The van der Waals surface area contributed by atoms with E-state index in [1.54, 1.807) is 0 Å². The highest BCUT2D eigenvalue weighted by atomic mass is 127. The number of likely N-dealkylation sites (tertiary alicyclic amines) is 1. The lowest BCUT2D eigenvalue weighted by Gasteiger charge is -2.39. The van der Waals surface area contributed by atoms with Crippen LogP contribution in [0.2, 0.25) is 0 Å². The molecule has 1 spiro atoms. The number of rotatable bonds is 5. The van der Waals surface area contributed by atoms with Crippen LogP contribution < -0.4 is 27.4 Å². The average Bonchev–Trinajstić information content (AvgIpc) is 3.48. The van der Waals surface area contributed by atoms with Crippen LogP contribution in [0.1, 0.15) is 45.7 Å². The fraction of sp³-hybridized carbons (Fsp3) is 0.423. The molecule has 3 aromatic rings. The van der Waals surface area contributed by atoms with Crippen molar-refractivity contribution in [3.63, 3.8) is 0 Å². The molecule has 0 bridgehead atoms. The van der Waals surface area contributed by atoms with Gasteiger partial charge >= 0.3 is 6.03 Å². The molecule has 5 rings (SSSR count). The molecule has 39 heavy (non-hydrogen) atoms. The quantitative estimate of drug-likeness (QED) is 0.182. The summed E-state index contributed by atoms with van der Waals surface area (Å²) in [6, 6.07) is 4.31. The van der Waals surface area contributed by atoms with Gasteiger partial charge in [-0.2, -0.15) is 0 Å². The molecule has 2 aliphatic heterocycles. The van der Waals surface area contributed by atoms with Crippen LogP contribution in [0.15, 0.2) is 23.3 Å². The van der Waals surface area contributed by atoms with Crippen molar-refractivity contribution in [2.24, 2.45) is 4.99 Å². The number of aromatic nitrogens is 3. The average molecular weight is 645 g/mol. The molecule has 1 aromatic carbocycles. The molecule has 1 fully saturated rings. The van der Waals surface area contributed by atoms with E-state index in [9.17, 15) is 9.59 Å². The second-order valence-corrected chi connectivity index (χ2v) is 11.0. The van der Waals surface area contributed by atoms with Crippen molar-refractivity contribution in [3.05, 3.63) is 46.4 Å². The monoisotopic (exact) mass is 644 g/mol. The molecule has 12 nitrogen and oxygen atoms in total. The minimum atomic E-state index is -0.494. The Morgan fingerprint density at radius 3 is 2.62 bits per heavy atom. The third kappa shape index (κ3) is 5.58.